The van der Waals surface area contributed by atoms with Gasteiger partial charge in [0, 0.05) is 26.1 Å². The lowest BCUT2D eigenvalue weighted by Crippen LogP contribution is -2.51. The molecule has 8 nitrogen and oxygen atoms in total. The summed E-state index contributed by atoms with van der Waals surface area (Å²) in [5.74, 6) is -1.03. The topological polar surface area (TPSA) is 93.2 Å². The summed E-state index contributed by atoms with van der Waals surface area (Å²) < 4.78 is 39.6. The molecule has 2 heterocycles. The first-order chi connectivity index (χ1) is 16.2. The molecule has 0 aromatic heterocycles. The number of fused-ring (bicyclic) bond motifs is 1. The van der Waals surface area contributed by atoms with Crippen molar-refractivity contribution in [3.8, 4) is 0 Å². The summed E-state index contributed by atoms with van der Waals surface area (Å²) in [5, 5.41) is 0. The molecule has 0 N–H and O–H groups in total. The lowest BCUT2D eigenvalue weighted by atomic mass is 9.96. The Kier molecular flexibility index (Phi) is 7.06. The molecule has 1 saturated heterocycles. The van der Waals surface area contributed by atoms with Crippen LogP contribution in [0.5, 0.6) is 0 Å². The molecule has 34 heavy (non-hydrogen) atoms. The van der Waals surface area contributed by atoms with Crippen LogP contribution in [0.1, 0.15) is 29.2 Å². The van der Waals surface area contributed by atoms with Crippen molar-refractivity contribution in [1.29, 1.82) is 0 Å². The minimum Gasteiger partial charge on any atom is -0.451 e. The third kappa shape index (κ3) is 4.87. The van der Waals surface area contributed by atoms with Crippen LogP contribution in [0.15, 0.2) is 47.4 Å². The van der Waals surface area contributed by atoms with Gasteiger partial charge in [0.1, 0.15) is 6.04 Å². The minimum atomic E-state index is -4.01. The largest absolute Gasteiger partial charge is 0.451 e. The number of carbonyl (C=O) groups excluding carboxylic acids is 2. The Bertz CT molecular complexity index is 1190. The van der Waals surface area contributed by atoms with Gasteiger partial charge in [0.05, 0.1) is 18.1 Å². The predicted molar refractivity (Wildman–Crippen MR) is 126 cm³/mol. The van der Waals surface area contributed by atoms with Crippen molar-refractivity contribution < 1.29 is 27.5 Å². The predicted octanol–water partition coefficient (Wildman–Crippen LogP) is 2.21. The highest BCUT2D eigenvalue weighted by molar-refractivity contribution is 7.89. The molecule has 1 amide bonds. The summed E-state index contributed by atoms with van der Waals surface area (Å²) >= 11 is 0. The van der Waals surface area contributed by atoms with Gasteiger partial charge in [-0.25, -0.2) is 8.42 Å². The number of amides is 1. The summed E-state index contributed by atoms with van der Waals surface area (Å²) in [6.07, 6.45) is -0.842. The molecule has 9 heteroatoms. The Morgan fingerprint density at radius 2 is 1.74 bits per heavy atom. The van der Waals surface area contributed by atoms with E-state index >= 15 is 0 Å². The lowest BCUT2D eigenvalue weighted by Gasteiger charge is -2.35. The Morgan fingerprint density at radius 1 is 1.06 bits per heavy atom. The van der Waals surface area contributed by atoms with Crippen LogP contribution < -0.4 is 0 Å². The van der Waals surface area contributed by atoms with Crippen molar-refractivity contribution in [1.82, 2.24) is 9.21 Å². The average Bonchev–Trinajstić information content (AvgIpc) is 2.84. The Morgan fingerprint density at radius 3 is 2.44 bits per heavy atom. The number of ether oxygens (including phenoxy) is 2. The molecule has 0 saturated carbocycles. The number of benzene rings is 2. The molecule has 2 aromatic carbocycles. The molecule has 0 unspecified atom stereocenters. The van der Waals surface area contributed by atoms with E-state index in [1.54, 1.807) is 24.0 Å². The van der Waals surface area contributed by atoms with Crippen LogP contribution in [0, 0.1) is 13.8 Å². The van der Waals surface area contributed by atoms with Gasteiger partial charge in [-0.3, -0.25) is 9.59 Å². The highest BCUT2D eigenvalue weighted by Gasteiger charge is 2.42. The smallest absolute Gasteiger partial charge is 0.325 e. The van der Waals surface area contributed by atoms with E-state index in [1.165, 1.54) is 11.2 Å². The maximum Gasteiger partial charge on any atom is 0.325 e. The fraction of sp³-hybridized carbons (Fsp3) is 0.440. The van der Waals surface area contributed by atoms with Crippen LogP contribution in [0.25, 0.3) is 0 Å². The van der Waals surface area contributed by atoms with Crippen molar-refractivity contribution >= 4 is 21.9 Å². The van der Waals surface area contributed by atoms with E-state index in [2.05, 4.69) is 0 Å². The zero-order chi connectivity index (χ0) is 24.5. The summed E-state index contributed by atoms with van der Waals surface area (Å²) in [4.78, 5) is 27.8. The average molecular weight is 487 g/mol. The van der Waals surface area contributed by atoms with Crippen LogP contribution in [0.4, 0.5) is 0 Å². The van der Waals surface area contributed by atoms with Gasteiger partial charge in [0.2, 0.25) is 10.0 Å². The SMILES string of the molecule is Cc1ccc(C)c(S(=O)(=O)N2Cc3ccccc3C[C@@H]2C(=O)O[C@@H](C)C(=O)N2CCOCC2)c1. The maximum absolute atomic E-state index is 13.8. The third-order valence-corrected chi connectivity index (χ3v) is 8.37. The summed E-state index contributed by atoms with van der Waals surface area (Å²) in [5.41, 5.74) is 3.15. The molecular formula is C25H30N2O6S. The van der Waals surface area contributed by atoms with E-state index in [4.69, 9.17) is 9.47 Å². The number of hydrogen-bond acceptors (Lipinski definition) is 6. The molecule has 0 radical (unpaired) electrons. The van der Waals surface area contributed by atoms with Crippen LogP contribution in [-0.4, -0.2) is 67.9 Å². The van der Waals surface area contributed by atoms with Crippen molar-refractivity contribution in [3.05, 3.63) is 64.7 Å². The van der Waals surface area contributed by atoms with Crippen molar-refractivity contribution in [2.75, 3.05) is 26.3 Å². The number of carbonyl (C=O) groups is 2. The first kappa shape index (κ1) is 24.4. The quantitative estimate of drug-likeness (QED) is 0.602. The van der Waals surface area contributed by atoms with E-state index in [-0.39, 0.29) is 23.8 Å². The van der Waals surface area contributed by atoms with E-state index in [1.807, 2.05) is 37.3 Å². The van der Waals surface area contributed by atoms with Gasteiger partial charge in [0.25, 0.3) is 5.91 Å². The highest BCUT2D eigenvalue weighted by Crippen LogP contribution is 2.31. The van der Waals surface area contributed by atoms with Crippen molar-refractivity contribution in [3.63, 3.8) is 0 Å². The van der Waals surface area contributed by atoms with Gasteiger partial charge in [0.15, 0.2) is 6.10 Å². The summed E-state index contributed by atoms with van der Waals surface area (Å²) in [6.45, 7) is 6.89. The maximum atomic E-state index is 13.8. The molecule has 0 aliphatic carbocycles. The number of rotatable bonds is 5. The van der Waals surface area contributed by atoms with Crippen LogP contribution in [0.3, 0.4) is 0 Å². The van der Waals surface area contributed by atoms with E-state index < -0.39 is 28.1 Å². The zero-order valence-electron chi connectivity index (χ0n) is 19.7. The van der Waals surface area contributed by atoms with Gasteiger partial charge < -0.3 is 14.4 Å². The first-order valence-electron chi connectivity index (χ1n) is 11.4. The van der Waals surface area contributed by atoms with Gasteiger partial charge in [-0.15, -0.1) is 0 Å². The monoisotopic (exact) mass is 486 g/mol. The van der Waals surface area contributed by atoms with E-state index in [0.717, 1.165) is 16.7 Å². The molecular weight excluding hydrogens is 456 g/mol. The molecule has 0 bridgehead atoms. The molecule has 2 aromatic rings. The number of aryl methyl sites for hydroxylation is 2. The van der Waals surface area contributed by atoms with Gasteiger partial charge >= 0.3 is 5.97 Å². The normalized spacial score (nSPS) is 19.9. The van der Waals surface area contributed by atoms with Crippen molar-refractivity contribution in [2.24, 2.45) is 0 Å². The number of hydrogen-bond donors (Lipinski definition) is 0. The molecule has 182 valence electrons. The van der Waals surface area contributed by atoms with E-state index in [0.29, 0.717) is 31.9 Å². The second-order valence-corrected chi connectivity index (χ2v) is 10.7. The fourth-order valence-corrected chi connectivity index (χ4v) is 6.28. The second kappa shape index (κ2) is 9.85. The van der Waals surface area contributed by atoms with Crippen molar-refractivity contribution in [2.45, 2.75) is 50.8 Å². The Labute approximate surface area is 200 Å². The van der Waals surface area contributed by atoms with E-state index in [9.17, 15) is 18.0 Å². The lowest BCUT2D eigenvalue weighted by molar-refractivity contribution is -0.164. The van der Waals surface area contributed by atoms with Gasteiger partial charge in [-0.05, 0) is 49.1 Å². The Balaban J connectivity index is 1.63. The van der Waals surface area contributed by atoms with Gasteiger partial charge in [-0.2, -0.15) is 4.31 Å². The van der Waals surface area contributed by atoms with Crippen LogP contribution in [-0.2, 0) is 42.1 Å². The molecule has 0 spiro atoms. The summed E-state index contributed by atoms with van der Waals surface area (Å²) in [6, 6.07) is 11.6. The third-order valence-electron chi connectivity index (χ3n) is 6.37. The Hall–Kier alpha value is -2.75. The fourth-order valence-electron chi connectivity index (χ4n) is 4.41. The standard InChI is InChI=1S/C25H30N2O6S/c1-17-8-9-18(2)23(14-17)34(30,31)27-16-21-7-5-4-6-20(21)15-22(27)25(29)33-19(3)24(28)26-10-12-32-13-11-26/h4-9,14,19,22H,10-13,15-16H2,1-3H3/t19-,22+/m0/s1. The molecule has 2 aliphatic rings. The highest BCUT2D eigenvalue weighted by atomic mass is 32.2. The van der Waals surface area contributed by atoms with Crippen LogP contribution >= 0.6 is 0 Å². The van der Waals surface area contributed by atoms with Crippen LogP contribution in [0.2, 0.25) is 0 Å². The second-order valence-electron chi connectivity index (χ2n) is 8.82. The molecule has 2 atom stereocenters. The molecule has 1 fully saturated rings. The zero-order valence-corrected chi connectivity index (χ0v) is 20.5. The number of nitrogens with zero attached hydrogens (tertiary/aromatic N) is 2. The summed E-state index contributed by atoms with van der Waals surface area (Å²) in [7, 11) is -4.01. The van der Waals surface area contributed by atoms with Gasteiger partial charge in [-0.1, -0.05) is 36.4 Å². The number of morpholine rings is 1. The molecule has 2 aliphatic heterocycles. The number of sulfonamides is 1. The minimum absolute atomic E-state index is 0.0530. The molecule has 4 rings (SSSR count). The first-order valence-corrected chi connectivity index (χ1v) is 12.9. The number of esters is 1.